The second-order valence-corrected chi connectivity index (χ2v) is 4.68. The lowest BCUT2D eigenvalue weighted by atomic mass is 10.2. The molecule has 2 aromatic carbocycles. The Bertz CT molecular complexity index is 547. The number of hydrogen-bond donors (Lipinski definition) is 0. The standard InChI is InChI=1S/C16H18N2O/c1-13-9-11-15(12-10-13)18(16(19)17(2)3)14-7-5-4-6-8-14/h4-12H,1-3H3. The SMILES string of the molecule is Cc1ccc(N(C(=O)N(C)C)c2ccccc2)cc1. The molecule has 0 fully saturated rings. The highest BCUT2D eigenvalue weighted by Gasteiger charge is 2.19. The van der Waals surface area contributed by atoms with Gasteiger partial charge in [0.05, 0.1) is 11.4 Å². The molecule has 0 heterocycles. The fourth-order valence-corrected chi connectivity index (χ4v) is 1.84. The quantitative estimate of drug-likeness (QED) is 0.799. The van der Waals surface area contributed by atoms with E-state index >= 15 is 0 Å². The highest BCUT2D eigenvalue weighted by Crippen LogP contribution is 2.26. The first-order valence-electron chi connectivity index (χ1n) is 6.23. The summed E-state index contributed by atoms with van der Waals surface area (Å²) in [5.74, 6) is 0. The molecule has 0 aliphatic rings. The van der Waals surface area contributed by atoms with Crippen LogP contribution in [0.1, 0.15) is 5.56 Å². The van der Waals surface area contributed by atoms with Crippen LogP contribution < -0.4 is 4.90 Å². The molecule has 3 heteroatoms. The van der Waals surface area contributed by atoms with Crippen LogP contribution in [0.15, 0.2) is 54.6 Å². The summed E-state index contributed by atoms with van der Waals surface area (Å²) in [6.45, 7) is 2.03. The number of carbonyl (C=O) groups is 1. The first-order chi connectivity index (χ1) is 9.09. The van der Waals surface area contributed by atoms with Crippen molar-refractivity contribution in [1.82, 2.24) is 4.90 Å². The van der Waals surface area contributed by atoms with E-state index in [4.69, 9.17) is 0 Å². The van der Waals surface area contributed by atoms with Gasteiger partial charge in [-0.1, -0.05) is 35.9 Å². The number of benzene rings is 2. The van der Waals surface area contributed by atoms with Crippen LogP contribution in [-0.4, -0.2) is 25.0 Å². The van der Waals surface area contributed by atoms with Gasteiger partial charge in [0.25, 0.3) is 0 Å². The minimum atomic E-state index is -0.0601. The lowest BCUT2D eigenvalue weighted by Crippen LogP contribution is -2.35. The van der Waals surface area contributed by atoms with Crippen LogP contribution in [0, 0.1) is 6.92 Å². The Morgan fingerprint density at radius 3 is 1.89 bits per heavy atom. The van der Waals surface area contributed by atoms with Gasteiger partial charge in [0.15, 0.2) is 0 Å². The molecule has 0 spiro atoms. The smallest absolute Gasteiger partial charge is 0.328 e. The first kappa shape index (κ1) is 13.1. The normalized spacial score (nSPS) is 10.1. The lowest BCUT2D eigenvalue weighted by molar-refractivity contribution is 0.226. The predicted octanol–water partition coefficient (Wildman–Crippen LogP) is 3.81. The van der Waals surface area contributed by atoms with E-state index in [1.807, 2.05) is 61.5 Å². The second kappa shape index (κ2) is 5.57. The molecular weight excluding hydrogens is 236 g/mol. The van der Waals surface area contributed by atoms with Crippen molar-refractivity contribution in [3.8, 4) is 0 Å². The maximum absolute atomic E-state index is 12.4. The number of urea groups is 1. The molecule has 0 unspecified atom stereocenters. The fraction of sp³-hybridized carbons (Fsp3) is 0.188. The molecule has 0 N–H and O–H groups in total. The van der Waals surface area contributed by atoms with Crippen molar-refractivity contribution in [1.29, 1.82) is 0 Å². The van der Waals surface area contributed by atoms with E-state index in [2.05, 4.69) is 0 Å². The Balaban J connectivity index is 2.46. The van der Waals surface area contributed by atoms with Gasteiger partial charge in [-0.15, -0.1) is 0 Å². The molecule has 0 saturated heterocycles. The molecule has 2 amide bonds. The fourth-order valence-electron chi connectivity index (χ4n) is 1.84. The van der Waals surface area contributed by atoms with Gasteiger partial charge < -0.3 is 4.90 Å². The van der Waals surface area contributed by atoms with Crippen LogP contribution in [0.25, 0.3) is 0 Å². The number of para-hydroxylation sites is 1. The third-order valence-corrected chi connectivity index (χ3v) is 2.88. The first-order valence-corrected chi connectivity index (χ1v) is 6.23. The average molecular weight is 254 g/mol. The van der Waals surface area contributed by atoms with E-state index in [0.29, 0.717) is 0 Å². The molecular formula is C16H18N2O. The van der Waals surface area contributed by atoms with E-state index in [-0.39, 0.29) is 6.03 Å². The van der Waals surface area contributed by atoms with Gasteiger partial charge in [-0.3, -0.25) is 4.90 Å². The number of anilines is 2. The zero-order chi connectivity index (χ0) is 13.8. The summed E-state index contributed by atoms with van der Waals surface area (Å²) in [6.07, 6.45) is 0. The third kappa shape index (κ3) is 2.94. The highest BCUT2D eigenvalue weighted by molar-refractivity contribution is 5.99. The van der Waals surface area contributed by atoms with Gasteiger partial charge in [0.2, 0.25) is 0 Å². The molecule has 19 heavy (non-hydrogen) atoms. The van der Waals surface area contributed by atoms with Crippen LogP contribution in [0.3, 0.4) is 0 Å². The van der Waals surface area contributed by atoms with E-state index in [1.165, 1.54) is 5.56 Å². The Morgan fingerprint density at radius 1 is 0.842 bits per heavy atom. The van der Waals surface area contributed by atoms with Gasteiger partial charge in [-0.25, -0.2) is 4.79 Å². The molecule has 98 valence electrons. The highest BCUT2D eigenvalue weighted by atomic mass is 16.2. The molecule has 0 atom stereocenters. The number of rotatable bonds is 2. The molecule has 2 aromatic rings. The Kier molecular flexibility index (Phi) is 3.85. The monoisotopic (exact) mass is 254 g/mol. The zero-order valence-corrected chi connectivity index (χ0v) is 11.5. The molecule has 0 bridgehead atoms. The third-order valence-electron chi connectivity index (χ3n) is 2.88. The van der Waals surface area contributed by atoms with Crippen molar-refractivity contribution >= 4 is 17.4 Å². The van der Waals surface area contributed by atoms with Crippen molar-refractivity contribution in [3.63, 3.8) is 0 Å². The van der Waals surface area contributed by atoms with E-state index in [9.17, 15) is 4.79 Å². The molecule has 3 nitrogen and oxygen atoms in total. The van der Waals surface area contributed by atoms with Crippen molar-refractivity contribution in [2.45, 2.75) is 6.92 Å². The van der Waals surface area contributed by atoms with E-state index < -0.39 is 0 Å². The summed E-state index contributed by atoms with van der Waals surface area (Å²) in [4.78, 5) is 15.7. The summed E-state index contributed by atoms with van der Waals surface area (Å²) in [7, 11) is 3.51. The van der Waals surface area contributed by atoms with Crippen LogP contribution in [0.2, 0.25) is 0 Å². The minimum Gasteiger partial charge on any atom is -0.330 e. The Hall–Kier alpha value is -2.29. The molecule has 0 aliphatic heterocycles. The van der Waals surface area contributed by atoms with Crippen LogP contribution in [-0.2, 0) is 0 Å². The van der Waals surface area contributed by atoms with Crippen LogP contribution in [0.5, 0.6) is 0 Å². The van der Waals surface area contributed by atoms with Gasteiger partial charge in [-0.05, 0) is 31.2 Å². The van der Waals surface area contributed by atoms with Crippen LogP contribution in [0.4, 0.5) is 16.2 Å². The maximum Gasteiger partial charge on any atom is 0.328 e. The molecule has 0 aliphatic carbocycles. The maximum atomic E-state index is 12.4. The number of nitrogens with zero attached hydrogens (tertiary/aromatic N) is 2. The van der Waals surface area contributed by atoms with Crippen molar-refractivity contribution in [2.24, 2.45) is 0 Å². The summed E-state index contributed by atoms with van der Waals surface area (Å²) >= 11 is 0. The number of aryl methyl sites for hydroxylation is 1. The number of carbonyl (C=O) groups excluding carboxylic acids is 1. The van der Waals surface area contributed by atoms with E-state index in [1.54, 1.807) is 23.9 Å². The summed E-state index contributed by atoms with van der Waals surface area (Å²) in [6, 6.07) is 17.5. The summed E-state index contributed by atoms with van der Waals surface area (Å²) in [5.41, 5.74) is 2.91. The second-order valence-electron chi connectivity index (χ2n) is 4.68. The lowest BCUT2D eigenvalue weighted by Gasteiger charge is -2.26. The Labute approximate surface area is 114 Å². The average Bonchev–Trinajstić information content (AvgIpc) is 2.42. The van der Waals surface area contributed by atoms with Crippen molar-refractivity contribution < 1.29 is 4.79 Å². The topological polar surface area (TPSA) is 23.6 Å². The summed E-state index contributed by atoms with van der Waals surface area (Å²) < 4.78 is 0. The van der Waals surface area contributed by atoms with Crippen LogP contribution >= 0.6 is 0 Å². The predicted molar refractivity (Wildman–Crippen MR) is 78.8 cm³/mol. The minimum absolute atomic E-state index is 0.0601. The summed E-state index contributed by atoms with van der Waals surface area (Å²) in [5, 5.41) is 0. The number of amides is 2. The zero-order valence-electron chi connectivity index (χ0n) is 11.5. The molecule has 2 rings (SSSR count). The Morgan fingerprint density at radius 2 is 1.37 bits per heavy atom. The largest absolute Gasteiger partial charge is 0.330 e. The number of hydrogen-bond acceptors (Lipinski definition) is 1. The van der Waals surface area contributed by atoms with E-state index in [0.717, 1.165) is 11.4 Å². The van der Waals surface area contributed by atoms with Gasteiger partial charge in [0.1, 0.15) is 0 Å². The van der Waals surface area contributed by atoms with Crippen molar-refractivity contribution in [2.75, 3.05) is 19.0 Å². The molecule has 0 radical (unpaired) electrons. The van der Waals surface area contributed by atoms with Crippen molar-refractivity contribution in [3.05, 3.63) is 60.2 Å². The molecule has 0 saturated carbocycles. The van der Waals surface area contributed by atoms with Gasteiger partial charge in [-0.2, -0.15) is 0 Å². The van der Waals surface area contributed by atoms with Gasteiger partial charge >= 0.3 is 6.03 Å². The molecule has 0 aromatic heterocycles. The van der Waals surface area contributed by atoms with Gasteiger partial charge in [0, 0.05) is 14.1 Å².